The zero-order chi connectivity index (χ0) is 13.7. The summed E-state index contributed by atoms with van der Waals surface area (Å²) in [6, 6.07) is 4.68. The molecule has 2 rings (SSSR count). The lowest BCUT2D eigenvalue weighted by Crippen LogP contribution is -2.31. The van der Waals surface area contributed by atoms with E-state index in [9.17, 15) is 8.42 Å². The molecule has 1 aliphatic heterocycles. The predicted octanol–water partition coefficient (Wildman–Crippen LogP) is 1.37. The Kier molecular flexibility index (Phi) is 4.80. The van der Waals surface area contributed by atoms with Crippen LogP contribution in [0.1, 0.15) is 18.5 Å². The number of nitriles is 1. The SMILES string of the molecule is N#Cc1ccc(S(=O)(=O)NCC2CCSCC2)cn1. The number of pyridine rings is 1. The van der Waals surface area contributed by atoms with E-state index in [0.717, 1.165) is 24.3 Å². The number of nitrogens with one attached hydrogen (secondary N) is 1. The van der Waals surface area contributed by atoms with Gasteiger partial charge in [0.15, 0.2) is 0 Å². The summed E-state index contributed by atoms with van der Waals surface area (Å²) in [5, 5.41) is 8.63. The van der Waals surface area contributed by atoms with E-state index in [4.69, 9.17) is 5.26 Å². The van der Waals surface area contributed by atoms with Crippen LogP contribution in [0.4, 0.5) is 0 Å². The fourth-order valence-corrected chi connectivity index (χ4v) is 4.13. The van der Waals surface area contributed by atoms with Crippen LogP contribution < -0.4 is 4.72 Å². The topological polar surface area (TPSA) is 82.8 Å². The molecule has 1 fully saturated rings. The fraction of sp³-hybridized carbons (Fsp3) is 0.500. The summed E-state index contributed by atoms with van der Waals surface area (Å²) in [6.45, 7) is 0.475. The van der Waals surface area contributed by atoms with Crippen molar-refractivity contribution in [1.29, 1.82) is 5.26 Å². The van der Waals surface area contributed by atoms with Gasteiger partial charge in [0, 0.05) is 12.7 Å². The normalized spacial score (nSPS) is 17.0. The zero-order valence-electron chi connectivity index (χ0n) is 10.4. The Labute approximate surface area is 117 Å². The van der Waals surface area contributed by atoms with Gasteiger partial charge in [-0.2, -0.15) is 17.0 Å². The third-order valence-corrected chi connectivity index (χ3v) is 5.52. The van der Waals surface area contributed by atoms with E-state index in [-0.39, 0.29) is 10.6 Å². The summed E-state index contributed by atoms with van der Waals surface area (Å²) in [5.74, 6) is 2.62. The molecule has 0 atom stereocenters. The van der Waals surface area contributed by atoms with Gasteiger partial charge in [0.05, 0.1) is 0 Å². The van der Waals surface area contributed by atoms with E-state index in [1.54, 1.807) is 0 Å². The molecule has 102 valence electrons. The van der Waals surface area contributed by atoms with Crippen LogP contribution in [0, 0.1) is 17.2 Å². The summed E-state index contributed by atoms with van der Waals surface area (Å²) in [4.78, 5) is 3.88. The lowest BCUT2D eigenvalue weighted by Gasteiger charge is -2.21. The second-order valence-electron chi connectivity index (χ2n) is 4.40. The Morgan fingerprint density at radius 1 is 1.42 bits per heavy atom. The van der Waals surface area contributed by atoms with E-state index >= 15 is 0 Å². The van der Waals surface area contributed by atoms with E-state index in [1.165, 1.54) is 18.3 Å². The van der Waals surface area contributed by atoms with Crippen LogP contribution in [-0.4, -0.2) is 31.5 Å². The highest BCUT2D eigenvalue weighted by Gasteiger charge is 2.19. The molecule has 0 saturated carbocycles. The minimum absolute atomic E-state index is 0.108. The number of sulfonamides is 1. The fourth-order valence-electron chi connectivity index (χ4n) is 1.87. The van der Waals surface area contributed by atoms with Gasteiger partial charge in [0.25, 0.3) is 0 Å². The molecule has 0 spiro atoms. The maximum absolute atomic E-state index is 12.0. The first-order valence-corrected chi connectivity index (χ1v) is 8.69. The van der Waals surface area contributed by atoms with Crippen molar-refractivity contribution in [3.8, 4) is 6.07 Å². The molecule has 0 aliphatic carbocycles. The number of rotatable bonds is 4. The van der Waals surface area contributed by atoms with Crippen molar-refractivity contribution >= 4 is 21.8 Å². The number of hydrogen-bond acceptors (Lipinski definition) is 5. The van der Waals surface area contributed by atoms with Gasteiger partial charge >= 0.3 is 0 Å². The molecule has 1 aliphatic rings. The molecule has 0 aromatic carbocycles. The van der Waals surface area contributed by atoms with Crippen LogP contribution in [-0.2, 0) is 10.0 Å². The Morgan fingerprint density at radius 3 is 2.74 bits per heavy atom. The van der Waals surface area contributed by atoms with Gasteiger partial charge in [-0.15, -0.1) is 0 Å². The molecule has 0 bridgehead atoms. The maximum Gasteiger partial charge on any atom is 0.242 e. The number of hydrogen-bond donors (Lipinski definition) is 1. The minimum Gasteiger partial charge on any atom is -0.244 e. The van der Waals surface area contributed by atoms with Gasteiger partial charge in [-0.25, -0.2) is 18.1 Å². The standard InChI is InChI=1S/C12H15N3O2S2/c13-7-11-1-2-12(9-14-11)19(16,17)15-8-10-3-5-18-6-4-10/h1-2,9-10,15H,3-6,8H2. The number of nitrogens with zero attached hydrogens (tertiary/aromatic N) is 2. The molecule has 5 nitrogen and oxygen atoms in total. The molecule has 1 N–H and O–H groups in total. The van der Waals surface area contributed by atoms with Crippen LogP contribution in [0.15, 0.2) is 23.2 Å². The zero-order valence-corrected chi connectivity index (χ0v) is 12.0. The minimum atomic E-state index is -3.51. The molecular weight excluding hydrogens is 282 g/mol. The molecule has 19 heavy (non-hydrogen) atoms. The Bertz CT molecular complexity index is 558. The first-order valence-electron chi connectivity index (χ1n) is 6.05. The van der Waals surface area contributed by atoms with Gasteiger partial charge in [-0.05, 0) is 42.4 Å². The molecular formula is C12H15N3O2S2. The predicted molar refractivity (Wildman–Crippen MR) is 74.2 cm³/mol. The lowest BCUT2D eigenvalue weighted by molar-refractivity contribution is 0.476. The number of thioether (sulfide) groups is 1. The Hall–Kier alpha value is -1.10. The van der Waals surface area contributed by atoms with Gasteiger partial charge < -0.3 is 0 Å². The second-order valence-corrected chi connectivity index (χ2v) is 7.39. The van der Waals surface area contributed by atoms with Crippen molar-refractivity contribution < 1.29 is 8.42 Å². The molecule has 7 heteroatoms. The smallest absolute Gasteiger partial charge is 0.242 e. The van der Waals surface area contributed by atoms with Gasteiger partial charge in [-0.3, -0.25) is 0 Å². The van der Waals surface area contributed by atoms with Crippen molar-refractivity contribution in [2.24, 2.45) is 5.92 Å². The third kappa shape index (κ3) is 3.93. The van der Waals surface area contributed by atoms with Crippen molar-refractivity contribution in [2.75, 3.05) is 18.1 Å². The monoisotopic (exact) mass is 297 g/mol. The van der Waals surface area contributed by atoms with Crippen molar-refractivity contribution in [3.05, 3.63) is 24.0 Å². The molecule has 1 aromatic rings. The first-order chi connectivity index (χ1) is 9.12. The van der Waals surface area contributed by atoms with Crippen LogP contribution in [0.25, 0.3) is 0 Å². The lowest BCUT2D eigenvalue weighted by atomic mass is 10.0. The van der Waals surface area contributed by atoms with Gasteiger partial charge in [0.1, 0.15) is 16.7 Å². The largest absolute Gasteiger partial charge is 0.244 e. The molecule has 1 aromatic heterocycles. The number of aromatic nitrogens is 1. The molecule has 0 radical (unpaired) electrons. The highest BCUT2D eigenvalue weighted by molar-refractivity contribution is 7.99. The second kappa shape index (κ2) is 6.37. The summed E-state index contributed by atoms with van der Waals surface area (Å²) in [6.07, 6.45) is 3.33. The van der Waals surface area contributed by atoms with Crippen LogP contribution in [0.2, 0.25) is 0 Å². The van der Waals surface area contributed by atoms with Crippen LogP contribution in [0.3, 0.4) is 0 Å². The van der Waals surface area contributed by atoms with Crippen molar-refractivity contribution in [3.63, 3.8) is 0 Å². The molecule has 1 saturated heterocycles. The van der Waals surface area contributed by atoms with Crippen LogP contribution in [0.5, 0.6) is 0 Å². The average molecular weight is 297 g/mol. The highest BCUT2D eigenvalue weighted by atomic mass is 32.2. The van der Waals surface area contributed by atoms with Gasteiger partial charge in [-0.1, -0.05) is 0 Å². The van der Waals surface area contributed by atoms with E-state index in [1.807, 2.05) is 17.8 Å². The third-order valence-electron chi connectivity index (χ3n) is 3.06. The summed E-state index contributed by atoms with van der Waals surface area (Å²) in [5.41, 5.74) is 0.211. The summed E-state index contributed by atoms with van der Waals surface area (Å²) < 4.78 is 26.7. The van der Waals surface area contributed by atoms with E-state index in [0.29, 0.717) is 12.5 Å². The quantitative estimate of drug-likeness (QED) is 0.907. The Balaban J connectivity index is 1.99. The Morgan fingerprint density at radius 2 is 2.16 bits per heavy atom. The van der Waals surface area contributed by atoms with Crippen molar-refractivity contribution in [1.82, 2.24) is 9.71 Å². The first kappa shape index (κ1) is 14.3. The van der Waals surface area contributed by atoms with Crippen LogP contribution >= 0.6 is 11.8 Å². The maximum atomic E-state index is 12.0. The molecule has 0 unspecified atom stereocenters. The van der Waals surface area contributed by atoms with Crippen molar-refractivity contribution in [2.45, 2.75) is 17.7 Å². The highest BCUT2D eigenvalue weighted by Crippen LogP contribution is 2.22. The molecule has 0 amide bonds. The average Bonchev–Trinajstić information content (AvgIpc) is 2.46. The summed E-state index contributed by atoms with van der Waals surface area (Å²) >= 11 is 1.91. The van der Waals surface area contributed by atoms with E-state index < -0.39 is 10.0 Å². The summed E-state index contributed by atoms with van der Waals surface area (Å²) in [7, 11) is -3.51. The molecule has 2 heterocycles. The van der Waals surface area contributed by atoms with E-state index in [2.05, 4.69) is 9.71 Å². The van der Waals surface area contributed by atoms with Gasteiger partial charge in [0.2, 0.25) is 10.0 Å².